The highest BCUT2D eigenvalue weighted by molar-refractivity contribution is 5.36. The van der Waals surface area contributed by atoms with E-state index in [-0.39, 0.29) is 0 Å². The van der Waals surface area contributed by atoms with Gasteiger partial charge in [-0.2, -0.15) is 0 Å². The normalized spacial score (nSPS) is 7.43. The maximum atomic E-state index is 9.40. The Bertz CT molecular complexity index is 54.7. The van der Waals surface area contributed by atoms with E-state index in [0.717, 1.165) is 0 Å². The van der Waals surface area contributed by atoms with Crippen LogP contribution in [-0.2, 0) is 9.53 Å². The molecule has 0 aromatic heterocycles. The minimum Gasteiger partial charge on any atom is -0.466 e. The van der Waals surface area contributed by atoms with Gasteiger partial charge >= 0.3 is 0 Å². The van der Waals surface area contributed by atoms with Crippen molar-refractivity contribution in [3.8, 4) is 0 Å². The Kier molecular flexibility index (Phi) is 4.51. The van der Waals surface area contributed by atoms with Crippen molar-refractivity contribution in [1.29, 1.82) is 0 Å². The van der Waals surface area contributed by atoms with E-state index in [1.165, 1.54) is 0 Å². The van der Waals surface area contributed by atoms with Crippen molar-refractivity contribution in [3.05, 3.63) is 0 Å². The maximum absolute atomic E-state index is 9.40. The summed E-state index contributed by atoms with van der Waals surface area (Å²) in [5, 5.41) is 0. The van der Waals surface area contributed by atoms with Gasteiger partial charge in [0.15, 0.2) is 0 Å². The number of carbonyl (C=O) groups is 1. The van der Waals surface area contributed by atoms with Gasteiger partial charge in [-0.15, -0.1) is 0 Å². The van der Waals surface area contributed by atoms with Gasteiger partial charge in [0, 0.05) is 0 Å². The lowest BCUT2D eigenvalue weighted by Crippen LogP contribution is -1.93. The number of hydrogen-bond donors (Lipinski definition) is 0. The van der Waals surface area contributed by atoms with Crippen LogP contribution < -0.4 is 0 Å². The van der Waals surface area contributed by atoms with Crippen molar-refractivity contribution in [3.63, 3.8) is 0 Å². The van der Waals surface area contributed by atoms with Crippen molar-refractivity contribution >= 4 is 13.2 Å². The average molecular weight is 101 g/mol. The molecule has 0 amide bonds. The average Bonchev–Trinajstić information content (AvgIpc) is 1.69. The summed E-state index contributed by atoms with van der Waals surface area (Å²) in [4.78, 5) is 12.8. The molecule has 0 aliphatic carbocycles. The highest BCUT2D eigenvalue weighted by Crippen LogP contribution is 1.66. The van der Waals surface area contributed by atoms with Gasteiger partial charge in [-0.25, -0.2) is 0 Å². The van der Waals surface area contributed by atoms with Crippen molar-refractivity contribution < 1.29 is 9.53 Å². The molecule has 0 rings (SSSR count). The Morgan fingerprint density at radius 2 is 2.57 bits per heavy atom. The van der Waals surface area contributed by atoms with Gasteiger partial charge in [0.05, 0.1) is 6.54 Å². The van der Waals surface area contributed by atoms with E-state index in [9.17, 15) is 4.79 Å². The first-order valence-electron chi connectivity index (χ1n) is 1.89. The third-order valence-electron chi connectivity index (χ3n) is 0.435. The van der Waals surface area contributed by atoms with Crippen LogP contribution in [0.15, 0.2) is 4.99 Å². The monoisotopic (exact) mass is 101 g/mol. The zero-order valence-electron chi connectivity index (χ0n) is 3.96. The molecule has 3 nitrogen and oxygen atoms in total. The fourth-order valence-corrected chi connectivity index (χ4v) is 0.165. The lowest BCUT2D eigenvalue weighted by molar-refractivity contribution is -0.128. The Balaban J connectivity index is 2.68. The molecule has 0 aromatic carbocycles. The molecule has 0 heterocycles. The first-order valence-corrected chi connectivity index (χ1v) is 1.89. The Morgan fingerprint density at radius 1 is 1.86 bits per heavy atom. The predicted octanol–water partition coefficient (Wildman–Crippen LogP) is -0.140. The first-order chi connectivity index (χ1) is 3.41. The van der Waals surface area contributed by atoms with Crippen molar-refractivity contribution in [2.45, 2.75) is 0 Å². The number of rotatable bonds is 4. The molecule has 0 aliphatic rings. The zero-order chi connectivity index (χ0) is 5.54. The predicted molar refractivity (Wildman–Crippen MR) is 26.4 cm³/mol. The van der Waals surface area contributed by atoms with Gasteiger partial charge in [0.2, 0.25) is 0 Å². The summed E-state index contributed by atoms with van der Waals surface area (Å²) in [5.41, 5.74) is 0. The van der Waals surface area contributed by atoms with Gasteiger partial charge in [-0.1, -0.05) is 0 Å². The molecular formula is C4H7NO2. The smallest absolute Gasteiger partial charge is 0.293 e. The summed E-state index contributed by atoms with van der Waals surface area (Å²) in [7, 11) is 0. The van der Waals surface area contributed by atoms with Crippen molar-refractivity contribution in [2.24, 2.45) is 4.99 Å². The van der Waals surface area contributed by atoms with E-state index >= 15 is 0 Å². The number of aliphatic imine (C=N–C) groups is 1. The van der Waals surface area contributed by atoms with Gasteiger partial charge in [-0.05, 0) is 6.72 Å². The molecule has 0 atom stereocenters. The van der Waals surface area contributed by atoms with E-state index in [1.807, 2.05) is 0 Å². The summed E-state index contributed by atoms with van der Waals surface area (Å²) < 4.78 is 4.26. The third-order valence-corrected chi connectivity index (χ3v) is 0.435. The number of carbonyl (C=O) groups excluding carboxylic acids is 1. The molecular weight excluding hydrogens is 94.0 g/mol. The largest absolute Gasteiger partial charge is 0.466 e. The minimum absolute atomic E-state index is 0.340. The molecule has 7 heavy (non-hydrogen) atoms. The SMILES string of the molecule is C=NCCOC=O. The molecule has 0 aliphatic heterocycles. The van der Waals surface area contributed by atoms with Crippen LogP contribution in [0.4, 0.5) is 0 Å². The summed E-state index contributed by atoms with van der Waals surface area (Å²) >= 11 is 0. The van der Waals surface area contributed by atoms with Crippen LogP contribution in [0.2, 0.25) is 0 Å². The molecule has 0 fully saturated rings. The van der Waals surface area contributed by atoms with Crippen LogP contribution in [0.25, 0.3) is 0 Å². The third kappa shape index (κ3) is 5.14. The number of nitrogens with zero attached hydrogens (tertiary/aromatic N) is 1. The summed E-state index contributed by atoms with van der Waals surface area (Å²) in [6, 6.07) is 0. The highest BCUT2D eigenvalue weighted by atomic mass is 16.5. The molecule has 0 unspecified atom stereocenters. The first kappa shape index (κ1) is 6.14. The van der Waals surface area contributed by atoms with Gasteiger partial charge in [0.1, 0.15) is 6.61 Å². The Morgan fingerprint density at radius 3 is 3.00 bits per heavy atom. The molecule has 40 valence electrons. The second kappa shape index (κ2) is 5.14. The summed E-state index contributed by atoms with van der Waals surface area (Å²) in [6.07, 6.45) is 0. The van der Waals surface area contributed by atoms with E-state index in [0.29, 0.717) is 19.6 Å². The van der Waals surface area contributed by atoms with Crippen molar-refractivity contribution in [2.75, 3.05) is 13.2 Å². The fraction of sp³-hybridized carbons (Fsp3) is 0.500. The lowest BCUT2D eigenvalue weighted by Gasteiger charge is -1.88. The molecule has 0 bridgehead atoms. The van der Waals surface area contributed by atoms with Gasteiger partial charge < -0.3 is 4.74 Å². The van der Waals surface area contributed by atoms with Crippen LogP contribution in [0.3, 0.4) is 0 Å². The number of hydrogen-bond acceptors (Lipinski definition) is 3. The maximum Gasteiger partial charge on any atom is 0.293 e. The Hall–Kier alpha value is -0.860. The molecule has 0 spiro atoms. The van der Waals surface area contributed by atoms with Crippen LogP contribution in [0.5, 0.6) is 0 Å². The van der Waals surface area contributed by atoms with Gasteiger partial charge in [-0.3, -0.25) is 9.79 Å². The standard InChI is InChI=1S/C4H7NO2/c1-5-2-3-7-4-6/h4H,1-3H2. The van der Waals surface area contributed by atoms with E-state index in [1.54, 1.807) is 0 Å². The Labute approximate surface area is 42.0 Å². The van der Waals surface area contributed by atoms with Crippen molar-refractivity contribution in [1.82, 2.24) is 0 Å². The quantitative estimate of drug-likeness (QED) is 0.281. The summed E-state index contributed by atoms with van der Waals surface area (Å²) in [6.45, 7) is 4.41. The zero-order valence-corrected chi connectivity index (χ0v) is 3.96. The highest BCUT2D eigenvalue weighted by Gasteiger charge is 1.75. The van der Waals surface area contributed by atoms with E-state index in [4.69, 9.17) is 0 Å². The topological polar surface area (TPSA) is 38.7 Å². The summed E-state index contributed by atoms with van der Waals surface area (Å²) in [5.74, 6) is 0. The molecule has 0 saturated carbocycles. The van der Waals surface area contributed by atoms with E-state index < -0.39 is 0 Å². The van der Waals surface area contributed by atoms with Crippen LogP contribution in [0, 0.1) is 0 Å². The molecule has 0 radical (unpaired) electrons. The molecule has 0 saturated heterocycles. The fourth-order valence-electron chi connectivity index (χ4n) is 0.165. The van der Waals surface area contributed by atoms with Crippen LogP contribution in [-0.4, -0.2) is 26.3 Å². The minimum atomic E-state index is 0.340. The van der Waals surface area contributed by atoms with Crippen LogP contribution >= 0.6 is 0 Å². The van der Waals surface area contributed by atoms with Gasteiger partial charge in [0.25, 0.3) is 6.47 Å². The lowest BCUT2D eigenvalue weighted by atomic mass is 10.7. The molecule has 0 aromatic rings. The van der Waals surface area contributed by atoms with Crippen LogP contribution in [0.1, 0.15) is 0 Å². The molecule has 0 N–H and O–H groups in total. The second-order valence-corrected chi connectivity index (χ2v) is 0.914. The second-order valence-electron chi connectivity index (χ2n) is 0.914. The number of ether oxygens (including phenoxy) is 1. The van der Waals surface area contributed by atoms with E-state index in [2.05, 4.69) is 16.4 Å². The molecule has 3 heteroatoms.